The Hall–Kier alpha value is -1.97. The highest BCUT2D eigenvalue weighted by atomic mass is 127. The largest absolute Gasteiger partial charge is 0.493 e. The van der Waals surface area contributed by atoms with Crippen LogP contribution >= 0.6 is 24.0 Å². The van der Waals surface area contributed by atoms with Crippen LogP contribution in [0.15, 0.2) is 41.7 Å². The van der Waals surface area contributed by atoms with Gasteiger partial charge in [0.2, 0.25) is 0 Å². The molecule has 0 fully saturated rings. The van der Waals surface area contributed by atoms with Gasteiger partial charge in [0.05, 0.1) is 20.8 Å². The van der Waals surface area contributed by atoms with E-state index in [0.29, 0.717) is 12.3 Å². The Balaban J connectivity index is 0.00000338. The molecule has 0 saturated heterocycles. The molecule has 1 aromatic heterocycles. The summed E-state index contributed by atoms with van der Waals surface area (Å²) in [6.45, 7) is 5.06. The molecule has 0 aliphatic rings. The highest BCUT2D eigenvalue weighted by Gasteiger charge is 2.09. The van der Waals surface area contributed by atoms with Crippen molar-refractivity contribution in [3.8, 4) is 11.5 Å². The van der Waals surface area contributed by atoms with Crippen LogP contribution in [0, 0.1) is 0 Å². The second kappa shape index (κ2) is 12.4. The fraction of sp³-hybridized carbons (Fsp3) is 0.444. The van der Waals surface area contributed by atoms with E-state index in [9.17, 15) is 0 Å². The minimum atomic E-state index is 0. The van der Waals surface area contributed by atoms with Crippen LogP contribution in [0.3, 0.4) is 0 Å². The Kier molecular flexibility index (Phi) is 10.5. The third-order valence-corrected chi connectivity index (χ3v) is 3.65. The standard InChI is InChI=1S/C18H27N5O2.HI/c1-4-19-18(20-10-6-12-23-13-7-11-22-23)21-14-15-8-5-9-16(24-2)17(15)25-3;/h5,7-9,11,13H,4,6,10,12,14H2,1-3H3,(H2,19,20,21);1H. The van der Waals surface area contributed by atoms with E-state index in [1.54, 1.807) is 20.4 Å². The summed E-state index contributed by atoms with van der Waals surface area (Å²) in [6, 6.07) is 7.74. The number of aromatic nitrogens is 2. The molecule has 0 saturated carbocycles. The number of nitrogens with one attached hydrogen (secondary N) is 2. The minimum Gasteiger partial charge on any atom is -0.493 e. The van der Waals surface area contributed by atoms with E-state index in [1.807, 2.05) is 42.1 Å². The summed E-state index contributed by atoms with van der Waals surface area (Å²) in [5.41, 5.74) is 0.982. The Labute approximate surface area is 172 Å². The number of hydrogen-bond acceptors (Lipinski definition) is 4. The van der Waals surface area contributed by atoms with Gasteiger partial charge in [-0.25, -0.2) is 4.99 Å². The maximum Gasteiger partial charge on any atom is 0.191 e. The Morgan fingerprint density at radius 3 is 2.69 bits per heavy atom. The Morgan fingerprint density at radius 1 is 1.19 bits per heavy atom. The van der Waals surface area contributed by atoms with Crippen LogP contribution in [-0.4, -0.2) is 43.0 Å². The molecule has 8 heteroatoms. The summed E-state index contributed by atoms with van der Waals surface area (Å²) in [4.78, 5) is 4.64. The van der Waals surface area contributed by atoms with Gasteiger partial charge < -0.3 is 20.1 Å². The lowest BCUT2D eigenvalue weighted by atomic mass is 10.2. The second-order valence-electron chi connectivity index (χ2n) is 5.40. The number of methoxy groups -OCH3 is 2. The number of nitrogens with zero attached hydrogens (tertiary/aromatic N) is 3. The zero-order valence-electron chi connectivity index (χ0n) is 15.6. The predicted molar refractivity (Wildman–Crippen MR) is 115 cm³/mol. The van der Waals surface area contributed by atoms with Crippen molar-refractivity contribution in [1.82, 2.24) is 20.4 Å². The molecule has 0 atom stereocenters. The maximum atomic E-state index is 5.45. The fourth-order valence-corrected chi connectivity index (χ4v) is 2.46. The van der Waals surface area contributed by atoms with Gasteiger partial charge in [0.25, 0.3) is 0 Å². The first-order chi connectivity index (χ1) is 12.3. The van der Waals surface area contributed by atoms with Gasteiger partial charge in [0.1, 0.15) is 0 Å². The van der Waals surface area contributed by atoms with Crippen molar-refractivity contribution in [2.75, 3.05) is 27.3 Å². The van der Waals surface area contributed by atoms with Crippen molar-refractivity contribution in [3.63, 3.8) is 0 Å². The number of aryl methyl sites for hydroxylation is 1. The van der Waals surface area contributed by atoms with Gasteiger partial charge >= 0.3 is 0 Å². The van der Waals surface area contributed by atoms with E-state index in [-0.39, 0.29) is 24.0 Å². The maximum absolute atomic E-state index is 5.45. The van der Waals surface area contributed by atoms with Crippen LogP contribution in [0.5, 0.6) is 11.5 Å². The van der Waals surface area contributed by atoms with Crippen LogP contribution in [0.4, 0.5) is 0 Å². The molecular weight excluding hydrogens is 445 g/mol. The van der Waals surface area contributed by atoms with E-state index in [4.69, 9.17) is 9.47 Å². The summed E-state index contributed by atoms with van der Waals surface area (Å²) in [5, 5.41) is 10.8. The van der Waals surface area contributed by atoms with Crippen LogP contribution in [-0.2, 0) is 13.1 Å². The normalized spacial score (nSPS) is 10.8. The molecule has 0 aliphatic carbocycles. The molecule has 0 amide bonds. The number of guanidine groups is 1. The van der Waals surface area contributed by atoms with Crippen molar-refractivity contribution in [3.05, 3.63) is 42.2 Å². The number of benzene rings is 1. The Morgan fingerprint density at radius 2 is 2.04 bits per heavy atom. The molecule has 1 heterocycles. The van der Waals surface area contributed by atoms with Crippen molar-refractivity contribution in [2.24, 2.45) is 4.99 Å². The lowest BCUT2D eigenvalue weighted by molar-refractivity contribution is 0.352. The molecule has 0 bridgehead atoms. The summed E-state index contributed by atoms with van der Waals surface area (Å²) < 4.78 is 12.7. The molecule has 144 valence electrons. The van der Waals surface area contributed by atoms with Crippen LogP contribution in [0.1, 0.15) is 18.9 Å². The summed E-state index contributed by atoms with van der Waals surface area (Å²) in [6.07, 6.45) is 4.73. The van der Waals surface area contributed by atoms with Crippen molar-refractivity contribution >= 4 is 29.9 Å². The van der Waals surface area contributed by atoms with Gasteiger partial charge in [-0.05, 0) is 25.5 Å². The average molecular weight is 473 g/mol. The predicted octanol–water partition coefficient (Wildman–Crippen LogP) is 2.66. The first kappa shape index (κ1) is 22.1. The fourth-order valence-electron chi connectivity index (χ4n) is 2.46. The monoisotopic (exact) mass is 473 g/mol. The molecule has 2 N–H and O–H groups in total. The zero-order chi connectivity index (χ0) is 17.9. The molecule has 0 aliphatic heterocycles. The van der Waals surface area contributed by atoms with Crippen LogP contribution in [0.2, 0.25) is 0 Å². The number of ether oxygens (including phenoxy) is 2. The summed E-state index contributed by atoms with van der Waals surface area (Å²) in [7, 11) is 3.28. The first-order valence-corrected chi connectivity index (χ1v) is 8.48. The third kappa shape index (κ3) is 6.74. The van der Waals surface area contributed by atoms with Crippen LogP contribution in [0.25, 0.3) is 0 Å². The van der Waals surface area contributed by atoms with E-state index in [0.717, 1.165) is 43.3 Å². The minimum absolute atomic E-state index is 0. The van der Waals surface area contributed by atoms with Crippen molar-refractivity contribution in [2.45, 2.75) is 26.4 Å². The number of hydrogen-bond donors (Lipinski definition) is 2. The molecule has 7 nitrogen and oxygen atoms in total. The number of rotatable bonds is 9. The van der Waals surface area contributed by atoms with Gasteiger partial charge in [0.15, 0.2) is 17.5 Å². The molecular formula is C18H28IN5O2. The number of aliphatic imine (C=N–C) groups is 1. The van der Waals surface area contributed by atoms with Gasteiger partial charge in [-0.15, -0.1) is 24.0 Å². The lowest BCUT2D eigenvalue weighted by Crippen LogP contribution is -2.38. The molecule has 2 rings (SSSR count). The highest BCUT2D eigenvalue weighted by molar-refractivity contribution is 14.0. The van der Waals surface area contributed by atoms with E-state index < -0.39 is 0 Å². The zero-order valence-corrected chi connectivity index (χ0v) is 17.9. The molecule has 2 aromatic rings. The van der Waals surface area contributed by atoms with E-state index in [1.165, 1.54) is 0 Å². The quantitative estimate of drug-likeness (QED) is 0.254. The summed E-state index contributed by atoms with van der Waals surface area (Å²) >= 11 is 0. The lowest BCUT2D eigenvalue weighted by Gasteiger charge is -2.13. The Bertz CT molecular complexity index is 662. The van der Waals surface area contributed by atoms with Crippen LogP contribution < -0.4 is 20.1 Å². The SMILES string of the molecule is CCNC(=NCc1cccc(OC)c1OC)NCCCn1cccn1.I. The van der Waals surface area contributed by atoms with E-state index >= 15 is 0 Å². The smallest absolute Gasteiger partial charge is 0.191 e. The number of halogens is 1. The molecule has 1 aromatic carbocycles. The van der Waals surface area contributed by atoms with Crippen molar-refractivity contribution in [1.29, 1.82) is 0 Å². The second-order valence-corrected chi connectivity index (χ2v) is 5.40. The molecule has 26 heavy (non-hydrogen) atoms. The topological polar surface area (TPSA) is 72.7 Å². The van der Waals surface area contributed by atoms with Crippen molar-refractivity contribution < 1.29 is 9.47 Å². The van der Waals surface area contributed by atoms with E-state index in [2.05, 4.69) is 20.7 Å². The van der Waals surface area contributed by atoms with Gasteiger partial charge in [-0.1, -0.05) is 12.1 Å². The molecule has 0 unspecified atom stereocenters. The van der Waals surface area contributed by atoms with Gasteiger partial charge in [-0.3, -0.25) is 4.68 Å². The molecule has 0 spiro atoms. The summed E-state index contributed by atoms with van der Waals surface area (Å²) in [5.74, 6) is 2.23. The van der Waals surface area contributed by atoms with Gasteiger partial charge in [0, 0.05) is 37.6 Å². The molecule has 0 radical (unpaired) electrons. The first-order valence-electron chi connectivity index (χ1n) is 8.48. The average Bonchev–Trinajstić information content (AvgIpc) is 3.16. The van der Waals surface area contributed by atoms with Gasteiger partial charge in [-0.2, -0.15) is 5.10 Å². The third-order valence-electron chi connectivity index (χ3n) is 3.65. The number of para-hydroxylation sites is 1. The highest BCUT2D eigenvalue weighted by Crippen LogP contribution is 2.30.